The van der Waals surface area contributed by atoms with E-state index in [-0.39, 0.29) is 0 Å². The standard InChI is InChI=1S/C17H21N3/c1-4-20-16-8-6-5-7-14(16)15-11-13(9-10-17(15)20)12-18-19(2)3/h5-11,18H,4,12H2,1-3H3. The van der Waals surface area contributed by atoms with Gasteiger partial charge in [0, 0.05) is 49.0 Å². The van der Waals surface area contributed by atoms with E-state index >= 15 is 0 Å². The molecule has 3 heteroatoms. The van der Waals surface area contributed by atoms with Gasteiger partial charge in [0.2, 0.25) is 0 Å². The van der Waals surface area contributed by atoms with E-state index in [1.54, 1.807) is 0 Å². The zero-order valence-corrected chi connectivity index (χ0v) is 12.4. The lowest BCUT2D eigenvalue weighted by Crippen LogP contribution is -2.29. The van der Waals surface area contributed by atoms with Crippen molar-refractivity contribution in [2.75, 3.05) is 14.1 Å². The van der Waals surface area contributed by atoms with Crippen LogP contribution in [0.1, 0.15) is 12.5 Å². The number of benzene rings is 2. The van der Waals surface area contributed by atoms with Crippen LogP contribution < -0.4 is 5.43 Å². The van der Waals surface area contributed by atoms with Gasteiger partial charge in [0.1, 0.15) is 0 Å². The van der Waals surface area contributed by atoms with Crippen LogP contribution in [0.2, 0.25) is 0 Å². The van der Waals surface area contributed by atoms with E-state index in [1.807, 2.05) is 19.1 Å². The Morgan fingerprint density at radius 3 is 2.50 bits per heavy atom. The Hall–Kier alpha value is -1.84. The zero-order chi connectivity index (χ0) is 14.1. The van der Waals surface area contributed by atoms with Crippen LogP contribution in [0.15, 0.2) is 42.5 Å². The highest BCUT2D eigenvalue weighted by molar-refractivity contribution is 6.08. The molecule has 0 atom stereocenters. The number of hydrogen-bond acceptors (Lipinski definition) is 2. The molecule has 0 spiro atoms. The van der Waals surface area contributed by atoms with Crippen molar-refractivity contribution in [2.45, 2.75) is 20.0 Å². The van der Waals surface area contributed by atoms with Gasteiger partial charge in [0.15, 0.2) is 0 Å². The number of hydrazine groups is 1. The molecule has 0 radical (unpaired) electrons. The van der Waals surface area contributed by atoms with Crippen LogP contribution in [0.5, 0.6) is 0 Å². The second-order valence-corrected chi connectivity index (χ2v) is 5.34. The van der Waals surface area contributed by atoms with Crippen molar-refractivity contribution in [3.63, 3.8) is 0 Å². The van der Waals surface area contributed by atoms with Gasteiger partial charge < -0.3 is 4.57 Å². The van der Waals surface area contributed by atoms with Crippen LogP contribution >= 0.6 is 0 Å². The van der Waals surface area contributed by atoms with E-state index in [2.05, 4.69) is 59.4 Å². The minimum atomic E-state index is 0.856. The molecule has 0 fully saturated rings. The Balaban J connectivity index is 2.16. The predicted molar refractivity (Wildman–Crippen MR) is 85.6 cm³/mol. The number of aryl methyl sites for hydroxylation is 1. The predicted octanol–water partition coefficient (Wildman–Crippen LogP) is 3.38. The lowest BCUT2D eigenvalue weighted by molar-refractivity contribution is 0.286. The smallest absolute Gasteiger partial charge is 0.0491 e. The van der Waals surface area contributed by atoms with Gasteiger partial charge in [0.25, 0.3) is 0 Å². The van der Waals surface area contributed by atoms with Crippen molar-refractivity contribution < 1.29 is 0 Å². The van der Waals surface area contributed by atoms with Crippen molar-refractivity contribution in [1.29, 1.82) is 0 Å². The van der Waals surface area contributed by atoms with Gasteiger partial charge in [0.05, 0.1) is 0 Å². The van der Waals surface area contributed by atoms with Crippen LogP contribution in [0.25, 0.3) is 21.8 Å². The summed E-state index contributed by atoms with van der Waals surface area (Å²) in [4.78, 5) is 0. The highest BCUT2D eigenvalue weighted by Gasteiger charge is 2.09. The molecule has 0 saturated carbocycles. The van der Waals surface area contributed by atoms with Crippen molar-refractivity contribution in [2.24, 2.45) is 0 Å². The topological polar surface area (TPSA) is 20.2 Å². The van der Waals surface area contributed by atoms with Gasteiger partial charge in [-0.1, -0.05) is 24.3 Å². The van der Waals surface area contributed by atoms with Crippen LogP contribution in [-0.4, -0.2) is 23.7 Å². The van der Waals surface area contributed by atoms with Gasteiger partial charge in [-0.3, -0.25) is 10.4 Å². The van der Waals surface area contributed by atoms with Gasteiger partial charge in [-0.15, -0.1) is 0 Å². The molecule has 0 aliphatic rings. The quantitative estimate of drug-likeness (QED) is 0.731. The molecule has 3 rings (SSSR count). The monoisotopic (exact) mass is 267 g/mol. The summed E-state index contributed by atoms with van der Waals surface area (Å²) in [5, 5.41) is 4.68. The molecular weight excluding hydrogens is 246 g/mol. The number of nitrogens with zero attached hydrogens (tertiary/aromatic N) is 2. The molecule has 1 heterocycles. The molecule has 0 aliphatic carbocycles. The molecule has 2 aromatic carbocycles. The largest absolute Gasteiger partial charge is 0.341 e. The number of nitrogens with one attached hydrogen (secondary N) is 1. The molecule has 3 aromatic rings. The fourth-order valence-corrected chi connectivity index (χ4v) is 2.80. The molecular formula is C17H21N3. The third-order valence-corrected chi connectivity index (χ3v) is 3.75. The van der Waals surface area contributed by atoms with Crippen molar-refractivity contribution in [3.05, 3.63) is 48.0 Å². The summed E-state index contributed by atoms with van der Waals surface area (Å²) in [6.45, 7) is 4.06. The molecule has 1 N–H and O–H groups in total. The molecule has 0 saturated heterocycles. The molecule has 0 bridgehead atoms. The Morgan fingerprint density at radius 1 is 1.00 bits per heavy atom. The third-order valence-electron chi connectivity index (χ3n) is 3.75. The molecule has 1 aromatic heterocycles. The van der Waals surface area contributed by atoms with Crippen molar-refractivity contribution >= 4 is 21.8 Å². The van der Waals surface area contributed by atoms with E-state index in [0.29, 0.717) is 0 Å². The Bertz CT molecular complexity index is 740. The summed E-state index contributed by atoms with van der Waals surface area (Å²) in [5.74, 6) is 0. The minimum absolute atomic E-state index is 0.856. The lowest BCUT2D eigenvalue weighted by atomic mass is 10.1. The average molecular weight is 267 g/mol. The summed E-state index contributed by atoms with van der Waals surface area (Å²) >= 11 is 0. The van der Waals surface area contributed by atoms with Gasteiger partial charge in [-0.25, -0.2) is 0 Å². The van der Waals surface area contributed by atoms with Crippen molar-refractivity contribution in [3.8, 4) is 0 Å². The van der Waals surface area contributed by atoms with Gasteiger partial charge in [-0.2, -0.15) is 0 Å². The van der Waals surface area contributed by atoms with E-state index in [4.69, 9.17) is 0 Å². The number of hydrogen-bond donors (Lipinski definition) is 1. The lowest BCUT2D eigenvalue weighted by Gasteiger charge is -2.12. The van der Waals surface area contributed by atoms with E-state index < -0.39 is 0 Å². The van der Waals surface area contributed by atoms with Gasteiger partial charge in [-0.05, 0) is 30.7 Å². The van der Waals surface area contributed by atoms with Crippen LogP contribution in [-0.2, 0) is 13.1 Å². The maximum Gasteiger partial charge on any atom is 0.0491 e. The first-order valence-corrected chi connectivity index (χ1v) is 7.11. The first-order valence-electron chi connectivity index (χ1n) is 7.11. The maximum atomic E-state index is 3.32. The van der Waals surface area contributed by atoms with E-state index in [0.717, 1.165) is 13.1 Å². The van der Waals surface area contributed by atoms with Crippen LogP contribution in [0, 0.1) is 0 Å². The molecule has 104 valence electrons. The summed E-state index contributed by atoms with van der Waals surface area (Å²) in [5.41, 5.74) is 7.28. The summed E-state index contributed by atoms with van der Waals surface area (Å²) in [6, 6.07) is 15.4. The first kappa shape index (κ1) is 13.2. The molecule has 0 unspecified atom stereocenters. The summed E-state index contributed by atoms with van der Waals surface area (Å²) in [6.07, 6.45) is 0. The number of rotatable bonds is 4. The maximum absolute atomic E-state index is 3.32. The van der Waals surface area contributed by atoms with Gasteiger partial charge >= 0.3 is 0 Å². The second kappa shape index (κ2) is 5.27. The number of aromatic nitrogens is 1. The highest BCUT2D eigenvalue weighted by atomic mass is 15.5. The Morgan fingerprint density at radius 2 is 1.75 bits per heavy atom. The van der Waals surface area contributed by atoms with Crippen molar-refractivity contribution in [1.82, 2.24) is 15.0 Å². The number of para-hydroxylation sites is 1. The SMILES string of the molecule is CCn1c2ccccc2c2cc(CNN(C)C)ccc21. The van der Waals surface area contributed by atoms with Crippen LogP contribution in [0.4, 0.5) is 0 Å². The summed E-state index contributed by atoms with van der Waals surface area (Å²) in [7, 11) is 4.03. The molecule has 0 amide bonds. The zero-order valence-electron chi connectivity index (χ0n) is 12.4. The fraction of sp³-hybridized carbons (Fsp3) is 0.294. The van der Waals surface area contributed by atoms with E-state index in [1.165, 1.54) is 27.4 Å². The Labute approximate surface area is 119 Å². The number of fused-ring (bicyclic) bond motifs is 3. The fourth-order valence-electron chi connectivity index (χ4n) is 2.80. The first-order chi connectivity index (χ1) is 9.70. The Kier molecular flexibility index (Phi) is 3.47. The third kappa shape index (κ3) is 2.19. The van der Waals surface area contributed by atoms with Crippen LogP contribution in [0.3, 0.4) is 0 Å². The normalized spacial score (nSPS) is 11.8. The highest BCUT2D eigenvalue weighted by Crippen LogP contribution is 2.29. The minimum Gasteiger partial charge on any atom is -0.341 e. The molecule has 3 nitrogen and oxygen atoms in total. The molecule has 20 heavy (non-hydrogen) atoms. The summed E-state index contributed by atoms with van der Waals surface area (Å²) < 4.78 is 2.38. The second-order valence-electron chi connectivity index (χ2n) is 5.34. The van der Waals surface area contributed by atoms with E-state index in [9.17, 15) is 0 Å². The average Bonchev–Trinajstić information content (AvgIpc) is 2.78. The molecule has 0 aliphatic heterocycles.